The summed E-state index contributed by atoms with van der Waals surface area (Å²) in [5.74, 6) is 0. The van der Waals surface area contributed by atoms with Crippen LogP contribution in [0.15, 0.2) is 0 Å². The first-order chi connectivity index (χ1) is 6.78. The van der Waals surface area contributed by atoms with Crippen LogP contribution >= 0.6 is 28.3 Å². The Labute approximate surface area is 118 Å². The molecule has 0 saturated heterocycles. The van der Waals surface area contributed by atoms with Gasteiger partial charge in [-0.3, -0.25) is 0 Å². The van der Waals surface area contributed by atoms with Crippen LogP contribution < -0.4 is 0 Å². The fourth-order valence-electron chi connectivity index (χ4n) is 3.02. The Hall–Kier alpha value is 1.50. The standard InChI is InChI=1S/C12H27P.2ClH.Ni/c1-10(2,3)13(11(4,5)6)12(7,8)9;;;/h1-9H3;2*1H;/q;;;+2/p-2. The van der Waals surface area contributed by atoms with Gasteiger partial charge in [-0.15, -0.1) is 0 Å². The van der Waals surface area contributed by atoms with E-state index in [0.29, 0.717) is 28.1 Å². The Kier molecular flexibility index (Phi) is 8.90. The van der Waals surface area contributed by atoms with Crippen molar-refractivity contribution in [3.05, 3.63) is 0 Å². The first-order valence-corrected chi connectivity index (χ1v) is 9.47. The molecule has 0 rings (SSSR count). The van der Waals surface area contributed by atoms with Gasteiger partial charge in [-0.1, -0.05) is 70.2 Å². The van der Waals surface area contributed by atoms with Crippen molar-refractivity contribution in [3.8, 4) is 0 Å². The molecule has 0 radical (unpaired) electrons. The molecule has 0 aliphatic carbocycles. The summed E-state index contributed by atoms with van der Waals surface area (Å²) >= 11 is 0.569. The molecule has 0 aromatic rings. The normalized spacial score (nSPS) is 13.8. The number of hydrogen-bond donors (Lipinski definition) is 0. The van der Waals surface area contributed by atoms with E-state index >= 15 is 0 Å². The van der Waals surface area contributed by atoms with E-state index in [-0.39, 0.29) is 7.92 Å². The second-order valence-electron chi connectivity index (χ2n) is 6.89. The third-order valence-electron chi connectivity index (χ3n) is 2.01. The summed E-state index contributed by atoms with van der Waals surface area (Å²) in [6.07, 6.45) is 0. The second-order valence-corrected chi connectivity index (χ2v) is 13.2. The van der Waals surface area contributed by atoms with E-state index in [9.17, 15) is 0 Å². The molecule has 0 amide bonds. The molecular formula is C12H27Cl2NiP. The van der Waals surface area contributed by atoms with Gasteiger partial charge in [0.05, 0.1) is 0 Å². The van der Waals surface area contributed by atoms with Crippen LogP contribution in [-0.4, -0.2) is 15.5 Å². The van der Waals surface area contributed by atoms with Crippen LogP contribution in [0.1, 0.15) is 62.3 Å². The van der Waals surface area contributed by atoms with E-state index in [1.165, 1.54) is 0 Å². The molecule has 0 aliphatic heterocycles. The maximum absolute atomic E-state index is 4.70. The minimum atomic E-state index is 0.0162. The molecule has 4 heteroatoms. The molecule has 0 unspecified atom stereocenters. The molecule has 0 N–H and O–H groups in total. The van der Waals surface area contributed by atoms with E-state index in [4.69, 9.17) is 20.4 Å². The van der Waals surface area contributed by atoms with Crippen LogP contribution in [0.25, 0.3) is 0 Å². The van der Waals surface area contributed by atoms with Crippen molar-refractivity contribution in [2.45, 2.75) is 77.8 Å². The van der Waals surface area contributed by atoms with E-state index in [2.05, 4.69) is 62.3 Å². The van der Waals surface area contributed by atoms with Gasteiger partial charge in [0, 0.05) is 0 Å². The maximum atomic E-state index is 4.70. The number of halogens is 2. The molecule has 0 heterocycles. The van der Waals surface area contributed by atoms with Gasteiger partial charge >= 0.3 is 33.0 Å². The van der Waals surface area contributed by atoms with Crippen molar-refractivity contribution < 1.29 is 12.7 Å². The minimum absolute atomic E-state index is 0.0162. The molecule has 0 nitrogen and oxygen atoms in total. The molecule has 0 saturated carbocycles. The zero-order chi connectivity index (χ0) is 13.8. The van der Waals surface area contributed by atoms with Crippen LogP contribution in [0.2, 0.25) is 0 Å². The van der Waals surface area contributed by atoms with Crippen LogP contribution in [0.4, 0.5) is 0 Å². The second kappa shape index (κ2) is 7.18. The monoisotopic (exact) mass is 330 g/mol. The van der Waals surface area contributed by atoms with Crippen molar-refractivity contribution in [1.29, 1.82) is 0 Å². The van der Waals surface area contributed by atoms with Crippen molar-refractivity contribution in [1.82, 2.24) is 0 Å². The van der Waals surface area contributed by atoms with E-state index < -0.39 is 0 Å². The molecular weight excluding hydrogens is 305 g/mol. The third-order valence-corrected chi connectivity index (χ3v) is 6.04. The fourth-order valence-corrected chi connectivity index (χ4v) is 9.06. The Morgan fingerprint density at radius 2 is 0.750 bits per heavy atom. The third kappa shape index (κ3) is 8.57. The summed E-state index contributed by atoms with van der Waals surface area (Å²) in [5, 5.41) is 1.35. The van der Waals surface area contributed by atoms with Gasteiger partial charge in [-0.25, -0.2) is 0 Å². The van der Waals surface area contributed by atoms with E-state index in [1.54, 1.807) is 0 Å². The van der Waals surface area contributed by atoms with Gasteiger partial charge in [0.1, 0.15) is 0 Å². The molecule has 0 aromatic carbocycles. The number of hydrogen-bond acceptors (Lipinski definition) is 0. The molecule has 0 bridgehead atoms. The Bertz CT molecular complexity index is 153. The molecule has 0 aromatic heterocycles. The predicted molar refractivity (Wildman–Crippen MR) is 77.9 cm³/mol. The van der Waals surface area contributed by atoms with Gasteiger partial charge in [-0.2, -0.15) is 0 Å². The Balaban J connectivity index is 0. The predicted octanol–water partition coefficient (Wildman–Crippen LogP) is 6.24. The first kappa shape index (κ1) is 19.8. The van der Waals surface area contributed by atoms with Crippen molar-refractivity contribution in [2.24, 2.45) is 0 Å². The summed E-state index contributed by atoms with van der Waals surface area (Å²) < 4.78 is 0. The molecule has 16 heavy (non-hydrogen) atoms. The van der Waals surface area contributed by atoms with Gasteiger partial charge in [0.25, 0.3) is 0 Å². The molecule has 0 spiro atoms. The van der Waals surface area contributed by atoms with Crippen molar-refractivity contribution in [3.63, 3.8) is 0 Å². The summed E-state index contributed by atoms with van der Waals surface area (Å²) in [5.41, 5.74) is 0. The topological polar surface area (TPSA) is 0 Å². The van der Waals surface area contributed by atoms with E-state index in [0.717, 1.165) is 0 Å². The Morgan fingerprint density at radius 1 is 0.625 bits per heavy atom. The number of rotatable bonds is 0. The van der Waals surface area contributed by atoms with Gasteiger partial charge < -0.3 is 0 Å². The van der Waals surface area contributed by atoms with Crippen LogP contribution in [0, 0.1) is 0 Å². The summed E-state index contributed by atoms with van der Waals surface area (Å²) in [7, 11) is 9.42. The zero-order valence-electron chi connectivity index (χ0n) is 12.0. The molecule has 104 valence electrons. The van der Waals surface area contributed by atoms with Gasteiger partial charge in [0.2, 0.25) is 0 Å². The Morgan fingerprint density at radius 3 is 0.750 bits per heavy atom. The fraction of sp³-hybridized carbons (Fsp3) is 1.00. The van der Waals surface area contributed by atoms with Crippen molar-refractivity contribution in [2.75, 3.05) is 0 Å². The van der Waals surface area contributed by atoms with Crippen LogP contribution in [-0.2, 0) is 12.7 Å². The summed E-state index contributed by atoms with van der Waals surface area (Å²) in [4.78, 5) is 0. The van der Waals surface area contributed by atoms with Crippen molar-refractivity contribution >= 4 is 28.3 Å². The average Bonchev–Trinajstić information content (AvgIpc) is 1.74. The van der Waals surface area contributed by atoms with E-state index in [1.807, 2.05) is 0 Å². The van der Waals surface area contributed by atoms with Crippen LogP contribution in [0.5, 0.6) is 0 Å². The van der Waals surface area contributed by atoms with Gasteiger partial charge in [-0.05, 0) is 15.5 Å². The van der Waals surface area contributed by atoms with Crippen LogP contribution in [0.3, 0.4) is 0 Å². The average molecular weight is 332 g/mol. The molecule has 0 aliphatic rings. The quantitative estimate of drug-likeness (QED) is 0.364. The summed E-state index contributed by atoms with van der Waals surface area (Å²) in [6, 6.07) is 0. The van der Waals surface area contributed by atoms with Gasteiger partial charge in [0.15, 0.2) is 0 Å². The molecule has 0 fully saturated rings. The first-order valence-electron chi connectivity index (χ1n) is 5.41. The summed E-state index contributed by atoms with van der Waals surface area (Å²) in [6.45, 7) is 21.5. The SMILES string of the molecule is CC(C)(C)P(C(C)(C)C)C(C)(C)C.[Cl][Ni][Cl]. The zero-order valence-corrected chi connectivity index (χ0v) is 15.4. The molecule has 0 atom stereocenters.